The Bertz CT molecular complexity index is 878. The summed E-state index contributed by atoms with van der Waals surface area (Å²) < 4.78 is 19.7. The standard InChI is InChI=1S/C26H34FN3O2/c1-2-25(31)30(24-10-6-9-23(27)19-24)21-26(11-17-32-18-12-26)29-15-13-28(14-16-29)20-22-7-4-3-5-8-22/h3-10,19H,2,11-18,20-21H2,1H3. The summed E-state index contributed by atoms with van der Waals surface area (Å²) in [4.78, 5) is 19.8. The highest BCUT2D eigenvalue weighted by molar-refractivity contribution is 5.93. The molecule has 0 aromatic heterocycles. The number of piperazine rings is 1. The van der Waals surface area contributed by atoms with E-state index in [9.17, 15) is 9.18 Å². The van der Waals surface area contributed by atoms with Crippen molar-refractivity contribution in [1.82, 2.24) is 9.80 Å². The minimum Gasteiger partial charge on any atom is -0.381 e. The number of halogens is 1. The van der Waals surface area contributed by atoms with Gasteiger partial charge in [0.05, 0.1) is 0 Å². The smallest absolute Gasteiger partial charge is 0.226 e. The number of ether oxygens (including phenoxy) is 1. The largest absolute Gasteiger partial charge is 0.381 e. The molecule has 2 aliphatic heterocycles. The predicted molar refractivity (Wildman–Crippen MR) is 125 cm³/mol. The molecule has 0 spiro atoms. The van der Waals surface area contributed by atoms with E-state index in [4.69, 9.17) is 4.74 Å². The van der Waals surface area contributed by atoms with Gasteiger partial charge in [-0.15, -0.1) is 0 Å². The van der Waals surface area contributed by atoms with Crippen LogP contribution in [0.25, 0.3) is 0 Å². The Labute approximate surface area is 190 Å². The van der Waals surface area contributed by atoms with Crippen molar-refractivity contribution in [3.8, 4) is 0 Å². The molecule has 5 nitrogen and oxygen atoms in total. The molecule has 2 aromatic rings. The Morgan fingerprint density at radius 3 is 2.41 bits per heavy atom. The number of hydrogen-bond acceptors (Lipinski definition) is 4. The number of amides is 1. The van der Waals surface area contributed by atoms with Crippen LogP contribution in [0.2, 0.25) is 0 Å². The first-order valence-corrected chi connectivity index (χ1v) is 11.7. The molecule has 2 heterocycles. The summed E-state index contributed by atoms with van der Waals surface area (Å²) in [7, 11) is 0. The van der Waals surface area contributed by atoms with Crippen molar-refractivity contribution in [3.05, 3.63) is 66.0 Å². The maximum absolute atomic E-state index is 14.0. The van der Waals surface area contributed by atoms with Crippen molar-refractivity contribution < 1.29 is 13.9 Å². The minimum absolute atomic E-state index is 0.0316. The van der Waals surface area contributed by atoms with E-state index in [0.29, 0.717) is 31.9 Å². The second-order valence-corrected chi connectivity index (χ2v) is 8.90. The molecule has 0 saturated carbocycles. The van der Waals surface area contributed by atoms with Gasteiger partial charge in [0.15, 0.2) is 0 Å². The summed E-state index contributed by atoms with van der Waals surface area (Å²) in [6.45, 7) is 8.73. The fraction of sp³-hybridized carbons (Fsp3) is 0.500. The fourth-order valence-electron chi connectivity index (χ4n) is 5.00. The summed E-state index contributed by atoms with van der Waals surface area (Å²) >= 11 is 0. The molecule has 0 unspecified atom stereocenters. The highest BCUT2D eigenvalue weighted by Crippen LogP contribution is 2.32. The van der Waals surface area contributed by atoms with E-state index in [2.05, 4.69) is 40.1 Å². The van der Waals surface area contributed by atoms with Crippen LogP contribution >= 0.6 is 0 Å². The van der Waals surface area contributed by atoms with Crippen molar-refractivity contribution in [1.29, 1.82) is 0 Å². The zero-order valence-corrected chi connectivity index (χ0v) is 19.0. The molecule has 6 heteroatoms. The number of anilines is 1. The molecular formula is C26H34FN3O2. The third-order valence-electron chi connectivity index (χ3n) is 6.89. The molecule has 172 valence electrons. The molecule has 0 bridgehead atoms. The lowest BCUT2D eigenvalue weighted by molar-refractivity contribution is -0.119. The Hall–Kier alpha value is -2.28. The maximum atomic E-state index is 14.0. The topological polar surface area (TPSA) is 36.0 Å². The van der Waals surface area contributed by atoms with Crippen LogP contribution in [0.5, 0.6) is 0 Å². The Kier molecular flexibility index (Phi) is 7.55. The monoisotopic (exact) mass is 439 g/mol. The highest BCUT2D eigenvalue weighted by atomic mass is 19.1. The normalized spacial score (nSPS) is 19.6. The van der Waals surface area contributed by atoms with Crippen molar-refractivity contribution in [2.45, 2.75) is 38.3 Å². The van der Waals surface area contributed by atoms with Crippen molar-refractivity contribution >= 4 is 11.6 Å². The van der Waals surface area contributed by atoms with Gasteiger partial charge in [0.2, 0.25) is 5.91 Å². The second-order valence-electron chi connectivity index (χ2n) is 8.90. The fourth-order valence-corrected chi connectivity index (χ4v) is 5.00. The van der Waals surface area contributed by atoms with E-state index >= 15 is 0 Å². The maximum Gasteiger partial charge on any atom is 0.226 e. The highest BCUT2D eigenvalue weighted by Gasteiger charge is 2.42. The zero-order chi connectivity index (χ0) is 22.4. The Morgan fingerprint density at radius 1 is 1.03 bits per heavy atom. The number of benzene rings is 2. The molecule has 1 amide bonds. The molecule has 0 atom stereocenters. The van der Waals surface area contributed by atoms with Crippen LogP contribution < -0.4 is 4.90 Å². The van der Waals surface area contributed by atoms with Crippen LogP contribution in [0.15, 0.2) is 54.6 Å². The van der Waals surface area contributed by atoms with E-state index in [1.165, 1.54) is 17.7 Å². The van der Waals surface area contributed by atoms with Crippen molar-refractivity contribution in [2.75, 3.05) is 50.8 Å². The molecule has 0 N–H and O–H groups in total. The van der Waals surface area contributed by atoms with Gasteiger partial charge in [0.1, 0.15) is 5.82 Å². The third-order valence-corrected chi connectivity index (χ3v) is 6.89. The van der Waals surface area contributed by atoms with Gasteiger partial charge in [-0.1, -0.05) is 43.3 Å². The lowest BCUT2D eigenvalue weighted by Gasteiger charge is -2.51. The first kappa shape index (κ1) is 22.9. The van der Waals surface area contributed by atoms with Gasteiger partial charge in [0.25, 0.3) is 0 Å². The van der Waals surface area contributed by atoms with Gasteiger partial charge in [-0.05, 0) is 36.6 Å². The van der Waals surface area contributed by atoms with E-state index in [0.717, 1.165) is 45.6 Å². The van der Waals surface area contributed by atoms with E-state index in [-0.39, 0.29) is 17.3 Å². The molecule has 0 radical (unpaired) electrons. The van der Waals surface area contributed by atoms with Gasteiger partial charge >= 0.3 is 0 Å². The van der Waals surface area contributed by atoms with Crippen molar-refractivity contribution in [3.63, 3.8) is 0 Å². The zero-order valence-electron chi connectivity index (χ0n) is 19.0. The van der Waals surface area contributed by atoms with Crippen LogP contribution in [0, 0.1) is 5.82 Å². The van der Waals surface area contributed by atoms with Gasteiger partial charge < -0.3 is 9.64 Å². The van der Waals surface area contributed by atoms with E-state index in [1.807, 2.05) is 13.0 Å². The molecule has 2 saturated heterocycles. The minimum atomic E-state index is -0.313. The Balaban J connectivity index is 1.50. The van der Waals surface area contributed by atoms with Gasteiger partial charge in [-0.25, -0.2) is 4.39 Å². The van der Waals surface area contributed by atoms with Crippen LogP contribution in [0.4, 0.5) is 10.1 Å². The van der Waals surface area contributed by atoms with Gasteiger partial charge in [0, 0.05) is 70.1 Å². The predicted octanol–water partition coefficient (Wildman–Crippen LogP) is 3.94. The van der Waals surface area contributed by atoms with Crippen LogP contribution in [0.1, 0.15) is 31.7 Å². The first-order chi connectivity index (χ1) is 15.6. The summed E-state index contributed by atoms with van der Waals surface area (Å²) in [5.41, 5.74) is 1.84. The third kappa shape index (κ3) is 5.37. The molecule has 2 aromatic carbocycles. The van der Waals surface area contributed by atoms with Gasteiger partial charge in [-0.2, -0.15) is 0 Å². The van der Waals surface area contributed by atoms with E-state index < -0.39 is 0 Å². The number of carbonyl (C=O) groups excluding carboxylic acids is 1. The molecular weight excluding hydrogens is 405 g/mol. The number of carbonyl (C=O) groups is 1. The summed E-state index contributed by atoms with van der Waals surface area (Å²) in [5, 5.41) is 0. The number of hydrogen-bond donors (Lipinski definition) is 0. The molecule has 0 aliphatic carbocycles. The van der Waals surface area contributed by atoms with Crippen LogP contribution in [-0.2, 0) is 16.1 Å². The molecule has 2 aliphatic rings. The second kappa shape index (κ2) is 10.6. The molecule has 32 heavy (non-hydrogen) atoms. The molecule has 2 fully saturated rings. The Morgan fingerprint density at radius 2 is 1.75 bits per heavy atom. The van der Waals surface area contributed by atoms with Crippen molar-refractivity contribution in [2.24, 2.45) is 0 Å². The van der Waals surface area contributed by atoms with Crippen LogP contribution in [0.3, 0.4) is 0 Å². The summed E-state index contributed by atoms with van der Waals surface area (Å²) in [5.74, 6) is -0.281. The lowest BCUT2D eigenvalue weighted by Crippen LogP contribution is -2.63. The summed E-state index contributed by atoms with van der Waals surface area (Å²) in [6, 6.07) is 17.0. The van der Waals surface area contributed by atoms with E-state index in [1.54, 1.807) is 11.0 Å². The summed E-state index contributed by atoms with van der Waals surface area (Å²) in [6.07, 6.45) is 2.16. The van der Waals surface area contributed by atoms with Crippen LogP contribution in [-0.4, -0.2) is 67.2 Å². The SMILES string of the molecule is CCC(=O)N(CC1(N2CCN(Cc3ccccc3)CC2)CCOCC1)c1cccc(F)c1. The quantitative estimate of drug-likeness (QED) is 0.655. The number of nitrogens with zero attached hydrogens (tertiary/aromatic N) is 3. The number of rotatable bonds is 7. The van der Waals surface area contributed by atoms with Gasteiger partial charge in [-0.3, -0.25) is 14.6 Å². The average molecular weight is 440 g/mol. The average Bonchev–Trinajstić information content (AvgIpc) is 2.84. The first-order valence-electron chi connectivity index (χ1n) is 11.7. The lowest BCUT2D eigenvalue weighted by atomic mass is 9.86. The molecule has 4 rings (SSSR count).